The Balaban J connectivity index is 1.87. The maximum atomic E-state index is 8.91. The van der Waals surface area contributed by atoms with E-state index in [0.29, 0.717) is 6.04 Å². The molecule has 1 saturated heterocycles. The van der Waals surface area contributed by atoms with Crippen LogP contribution in [0.3, 0.4) is 0 Å². The third kappa shape index (κ3) is 1.92. The molecular formula is C11H19N3. The van der Waals surface area contributed by atoms with Gasteiger partial charge in [-0.25, -0.2) is 0 Å². The summed E-state index contributed by atoms with van der Waals surface area (Å²) in [7, 11) is 0. The Hall–Kier alpha value is -0.590. The quantitative estimate of drug-likeness (QED) is 0.682. The third-order valence-corrected chi connectivity index (χ3v) is 3.73. The van der Waals surface area contributed by atoms with Crippen LogP contribution in [0.5, 0.6) is 0 Å². The van der Waals surface area contributed by atoms with Crippen LogP contribution in [-0.4, -0.2) is 29.6 Å². The second-order valence-electron chi connectivity index (χ2n) is 4.74. The van der Waals surface area contributed by atoms with Crippen LogP contribution in [0.2, 0.25) is 0 Å². The Morgan fingerprint density at radius 2 is 1.79 bits per heavy atom. The molecule has 3 nitrogen and oxygen atoms in total. The van der Waals surface area contributed by atoms with Crippen molar-refractivity contribution in [3.05, 3.63) is 0 Å². The number of nitriles is 1. The second-order valence-corrected chi connectivity index (χ2v) is 4.74. The van der Waals surface area contributed by atoms with Gasteiger partial charge < -0.3 is 10.6 Å². The molecule has 1 heterocycles. The standard InChI is InChI=1S/C11H19N3/c12-9-11(13)5-3-10(4-6-11)14-7-1-2-8-14/h10H,1-8,13H2. The van der Waals surface area contributed by atoms with Crippen molar-refractivity contribution in [3.8, 4) is 6.07 Å². The van der Waals surface area contributed by atoms with Crippen molar-refractivity contribution < 1.29 is 0 Å². The molecule has 14 heavy (non-hydrogen) atoms. The zero-order valence-electron chi connectivity index (χ0n) is 8.71. The van der Waals surface area contributed by atoms with Crippen molar-refractivity contribution in [3.63, 3.8) is 0 Å². The Labute approximate surface area is 85.9 Å². The van der Waals surface area contributed by atoms with Crippen molar-refractivity contribution in [2.24, 2.45) is 5.73 Å². The van der Waals surface area contributed by atoms with Gasteiger partial charge in [-0.1, -0.05) is 0 Å². The molecule has 0 unspecified atom stereocenters. The van der Waals surface area contributed by atoms with Gasteiger partial charge in [-0.2, -0.15) is 5.26 Å². The summed E-state index contributed by atoms with van der Waals surface area (Å²) in [5.41, 5.74) is 5.42. The number of hydrogen-bond donors (Lipinski definition) is 1. The number of likely N-dealkylation sites (tertiary alicyclic amines) is 1. The van der Waals surface area contributed by atoms with E-state index < -0.39 is 5.54 Å². The summed E-state index contributed by atoms with van der Waals surface area (Å²) in [6, 6.07) is 2.96. The van der Waals surface area contributed by atoms with E-state index >= 15 is 0 Å². The molecule has 1 aliphatic carbocycles. The normalized spacial score (nSPS) is 39.6. The highest BCUT2D eigenvalue weighted by atomic mass is 15.2. The first kappa shape index (κ1) is 9.95. The number of nitrogens with two attached hydrogens (primary N) is 1. The number of rotatable bonds is 1. The second kappa shape index (κ2) is 3.88. The fourth-order valence-corrected chi connectivity index (χ4v) is 2.70. The summed E-state index contributed by atoms with van der Waals surface area (Å²) in [6.45, 7) is 2.52. The first-order valence-corrected chi connectivity index (χ1v) is 5.68. The molecule has 0 atom stereocenters. The third-order valence-electron chi connectivity index (χ3n) is 3.73. The van der Waals surface area contributed by atoms with E-state index in [9.17, 15) is 0 Å². The van der Waals surface area contributed by atoms with Gasteiger partial charge in [0.15, 0.2) is 0 Å². The predicted molar refractivity (Wildman–Crippen MR) is 55.6 cm³/mol. The fourth-order valence-electron chi connectivity index (χ4n) is 2.70. The first-order chi connectivity index (χ1) is 6.73. The summed E-state index contributed by atoms with van der Waals surface area (Å²) < 4.78 is 0. The monoisotopic (exact) mass is 193 g/mol. The van der Waals surface area contributed by atoms with Crippen LogP contribution in [0.15, 0.2) is 0 Å². The van der Waals surface area contributed by atoms with Gasteiger partial charge >= 0.3 is 0 Å². The average Bonchev–Trinajstić information content (AvgIpc) is 2.72. The van der Waals surface area contributed by atoms with Crippen LogP contribution in [0.4, 0.5) is 0 Å². The number of nitrogens with zero attached hydrogens (tertiary/aromatic N) is 2. The molecule has 0 bridgehead atoms. The predicted octanol–water partition coefficient (Wildman–Crippen LogP) is 1.25. The van der Waals surface area contributed by atoms with Gasteiger partial charge in [0.1, 0.15) is 5.54 Å². The minimum Gasteiger partial charge on any atom is -0.313 e. The van der Waals surface area contributed by atoms with E-state index in [-0.39, 0.29) is 0 Å². The molecule has 78 valence electrons. The SMILES string of the molecule is N#CC1(N)CCC(N2CCCC2)CC1. The van der Waals surface area contributed by atoms with Gasteiger partial charge in [-0.15, -0.1) is 0 Å². The molecule has 0 aromatic heterocycles. The molecule has 2 aliphatic rings. The van der Waals surface area contributed by atoms with Gasteiger partial charge in [0.05, 0.1) is 6.07 Å². The lowest BCUT2D eigenvalue weighted by Gasteiger charge is -2.36. The van der Waals surface area contributed by atoms with Crippen LogP contribution in [0.1, 0.15) is 38.5 Å². The molecule has 0 aromatic carbocycles. The van der Waals surface area contributed by atoms with Crippen LogP contribution >= 0.6 is 0 Å². The largest absolute Gasteiger partial charge is 0.313 e. The molecular weight excluding hydrogens is 174 g/mol. The molecule has 0 radical (unpaired) electrons. The molecule has 0 spiro atoms. The topological polar surface area (TPSA) is 53.1 Å². The summed E-state index contributed by atoms with van der Waals surface area (Å²) in [5, 5.41) is 8.91. The minimum atomic E-state index is -0.518. The van der Waals surface area contributed by atoms with E-state index in [1.807, 2.05) is 0 Å². The van der Waals surface area contributed by atoms with E-state index in [2.05, 4.69) is 11.0 Å². The fraction of sp³-hybridized carbons (Fsp3) is 0.909. The van der Waals surface area contributed by atoms with Crippen LogP contribution in [-0.2, 0) is 0 Å². The maximum absolute atomic E-state index is 8.91. The molecule has 1 aliphatic heterocycles. The van der Waals surface area contributed by atoms with E-state index in [0.717, 1.165) is 25.7 Å². The Bertz CT molecular complexity index is 229. The van der Waals surface area contributed by atoms with Gasteiger partial charge in [0, 0.05) is 6.04 Å². The first-order valence-electron chi connectivity index (χ1n) is 5.68. The van der Waals surface area contributed by atoms with Crippen molar-refractivity contribution in [2.45, 2.75) is 50.1 Å². The van der Waals surface area contributed by atoms with Gasteiger partial charge in [0.25, 0.3) is 0 Å². The van der Waals surface area contributed by atoms with E-state index in [4.69, 9.17) is 11.0 Å². The van der Waals surface area contributed by atoms with Gasteiger partial charge in [-0.05, 0) is 51.6 Å². The Morgan fingerprint density at radius 3 is 2.29 bits per heavy atom. The lowest BCUT2D eigenvalue weighted by Crippen LogP contribution is -2.46. The van der Waals surface area contributed by atoms with Crippen LogP contribution in [0, 0.1) is 11.3 Å². The number of hydrogen-bond acceptors (Lipinski definition) is 3. The van der Waals surface area contributed by atoms with Crippen molar-refractivity contribution in [2.75, 3.05) is 13.1 Å². The molecule has 2 rings (SSSR count). The molecule has 3 heteroatoms. The Kier molecular flexibility index (Phi) is 2.76. The molecule has 0 aromatic rings. The highest BCUT2D eigenvalue weighted by molar-refractivity contribution is 5.07. The summed E-state index contributed by atoms with van der Waals surface area (Å²) in [6.07, 6.45) is 6.69. The minimum absolute atomic E-state index is 0.518. The molecule has 1 saturated carbocycles. The Morgan fingerprint density at radius 1 is 1.21 bits per heavy atom. The lowest BCUT2D eigenvalue weighted by atomic mass is 9.81. The van der Waals surface area contributed by atoms with Crippen LogP contribution in [0.25, 0.3) is 0 Å². The maximum Gasteiger partial charge on any atom is 0.104 e. The zero-order valence-corrected chi connectivity index (χ0v) is 8.71. The zero-order chi connectivity index (χ0) is 10.0. The average molecular weight is 193 g/mol. The van der Waals surface area contributed by atoms with Crippen LogP contribution < -0.4 is 5.73 Å². The van der Waals surface area contributed by atoms with Crippen molar-refractivity contribution in [1.29, 1.82) is 5.26 Å². The van der Waals surface area contributed by atoms with Gasteiger partial charge in [-0.3, -0.25) is 0 Å². The van der Waals surface area contributed by atoms with Crippen molar-refractivity contribution in [1.82, 2.24) is 4.90 Å². The van der Waals surface area contributed by atoms with E-state index in [1.54, 1.807) is 0 Å². The van der Waals surface area contributed by atoms with E-state index in [1.165, 1.54) is 25.9 Å². The summed E-state index contributed by atoms with van der Waals surface area (Å²) in [4.78, 5) is 2.58. The lowest BCUT2D eigenvalue weighted by molar-refractivity contribution is 0.167. The highest BCUT2D eigenvalue weighted by Crippen LogP contribution is 2.30. The molecule has 2 fully saturated rings. The summed E-state index contributed by atoms with van der Waals surface area (Å²) in [5.74, 6) is 0. The summed E-state index contributed by atoms with van der Waals surface area (Å²) >= 11 is 0. The molecule has 2 N–H and O–H groups in total. The molecule has 0 amide bonds. The smallest absolute Gasteiger partial charge is 0.104 e. The highest BCUT2D eigenvalue weighted by Gasteiger charge is 2.34. The van der Waals surface area contributed by atoms with Gasteiger partial charge in [0.2, 0.25) is 0 Å². The van der Waals surface area contributed by atoms with Crippen molar-refractivity contribution >= 4 is 0 Å².